The lowest BCUT2D eigenvalue weighted by Gasteiger charge is -2.10. The van der Waals surface area contributed by atoms with E-state index in [1.807, 2.05) is 19.9 Å². The normalized spacial score (nSPS) is 10.8. The van der Waals surface area contributed by atoms with Crippen LogP contribution >= 0.6 is 15.9 Å². The Morgan fingerprint density at radius 2 is 1.86 bits per heavy atom. The summed E-state index contributed by atoms with van der Waals surface area (Å²) in [6.07, 6.45) is 0. The number of ketones is 1. The third-order valence-electron chi connectivity index (χ3n) is 3.07. The summed E-state index contributed by atoms with van der Waals surface area (Å²) in [6.45, 7) is 0.806. The Bertz CT molecular complexity index is 684. The Kier molecular flexibility index (Phi) is 4.73. The van der Waals surface area contributed by atoms with Crippen molar-refractivity contribution >= 4 is 21.7 Å². The lowest BCUT2D eigenvalue weighted by Crippen LogP contribution is -2.06. The topological polar surface area (TPSA) is 26.3 Å². The smallest absolute Gasteiger partial charge is 0.387 e. The first kappa shape index (κ1) is 15.6. The van der Waals surface area contributed by atoms with Gasteiger partial charge in [-0.1, -0.05) is 28.1 Å². The molecule has 0 saturated carbocycles. The summed E-state index contributed by atoms with van der Waals surface area (Å²) in [7, 11) is 0. The van der Waals surface area contributed by atoms with Crippen molar-refractivity contribution in [2.24, 2.45) is 0 Å². The maximum Gasteiger partial charge on any atom is 0.387 e. The molecule has 21 heavy (non-hydrogen) atoms. The van der Waals surface area contributed by atoms with Crippen LogP contribution in [0.4, 0.5) is 8.78 Å². The minimum atomic E-state index is -2.91. The Morgan fingerprint density at radius 3 is 2.52 bits per heavy atom. The molecule has 0 aromatic heterocycles. The first-order valence-electron chi connectivity index (χ1n) is 6.25. The summed E-state index contributed by atoms with van der Waals surface area (Å²) in [4.78, 5) is 12.5. The summed E-state index contributed by atoms with van der Waals surface area (Å²) >= 11 is 3.41. The quantitative estimate of drug-likeness (QED) is 0.730. The second-order valence-corrected chi connectivity index (χ2v) is 5.51. The number of halogens is 3. The van der Waals surface area contributed by atoms with Gasteiger partial charge in [0.2, 0.25) is 0 Å². The second-order valence-electron chi connectivity index (χ2n) is 4.65. The molecule has 0 heterocycles. The van der Waals surface area contributed by atoms with Crippen LogP contribution in [0, 0.1) is 13.8 Å². The first-order chi connectivity index (χ1) is 9.88. The zero-order valence-corrected chi connectivity index (χ0v) is 13.1. The predicted molar refractivity (Wildman–Crippen MR) is 80.1 cm³/mol. The molecule has 0 fully saturated rings. The van der Waals surface area contributed by atoms with Crippen molar-refractivity contribution in [3.05, 3.63) is 63.1 Å². The van der Waals surface area contributed by atoms with E-state index < -0.39 is 6.61 Å². The number of alkyl halides is 2. The largest absolute Gasteiger partial charge is 0.435 e. The van der Waals surface area contributed by atoms with Crippen LogP contribution in [0.25, 0.3) is 0 Å². The minimum Gasteiger partial charge on any atom is -0.435 e. The van der Waals surface area contributed by atoms with E-state index in [2.05, 4.69) is 20.7 Å². The van der Waals surface area contributed by atoms with Gasteiger partial charge in [-0.2, -0.15) is 8.78 Å². The Balaban J connectivity index is 2.38. The van der Waals surface area contributed by atoms with E-state index in [0.717, 1.165) is 15.6 Å². The summed E-state index contributed by atoms with van der Waals surface area (Å²) in [5.41, 5.74) is 2.62. The monoisotopic (exact) mass is 354 g/mol. The fourth-order valence-electron chi connectivity index (χ4n) is 1.99. The van der Waals surface area contributed by atoms with Crippen molar-refractivity contribution in [1.82, 2.24) is 0 Å². The third kappa shape index (κ3) is 3.67. The van der Waals surface area contributed by atoms with Gasteiger partial charge < -0.3 is 4.74 Å². The van der Waals surface area contributed by atoms with Crippen molar-refractivity contribution < 1.29 is 18.3 Å². The molecule has 2 rings (SSSR count). The number of carbonyl (C=O) groups is 1. The number of hydrogen-bond acceptors (Lipinski definition) is 2. The lowest BCUT2D eigenvalue weighted by molar-refractivity contribution is -0.0498. The number of benzene rings is 2. The van der Waals surface area contributed by atoms with Crippen LogP contribution in [-0.4, -0.2) is 12.4 Å². The molecule has 0 aliphatic carbocycles. The Hall–Kier alpha value is -1.75. The summed E-state index contributed by atoms with van der Waals surface area (Å²) in [6, 6.07) is 9.46. The molecule has 0 saturated heterocycles. The molecule has 5 heteroatoms. The van der Waals surface area contributed by atoms with E-state index in [0.29, 0.717) is 11.1 Å². The van der Waals surface area contributed by atoms with Crippen LogP contribution < -0.4 is 4.74 Å². The summed E-state index contributed by atoms with van der Waals surface area (Å²) in [5, 5.41) is 0. The van der Waals surface area contributed by atoms with E-state index >= 15 is 0 Å². The van der Waals surface area contributed by atoms with Crippen molar-refractivity contribution in [1.29, 1.82) is 0 Å². The van der Waals surface area contributed by atoms with Crippen molar-refractivity contribution in [3.63, 3.8) is 0 Å². The fraction of sp³-hybridized carbons (Fsp3) is 0.188. The molecule has 0 radical (unpaired) electrons. The molecule has 110 valence electrons. The molecule has 0 aliphatic heterocycles. The Labute approximate surface area is 129 Å². The van der Waals surface area contributed by atoms with Gasteiger partial charge in [0.1, 0.15) is 5.75 Å². The molecule has 2 nitrogen and oxygen atoms in total. The van der Waals surface area contributed by atoms with Gasteiger partial charge in [0.25, 0.3) is 0 Å². The molecule has 0 unspecified atom stereocenters. The van der Waals surface area contributed by atoms with Crippen LogP contribution in [0.2, 0.25) is 0 Å². The van der Waals surface area contributed by atoms with Crippen molar-refractivity contribution in [2.75, 3.05) is 0 Å². The molecule has 0 bridgehead atoms. The van der Waals surface area contributed by atoms with Crippen LogP contribution in [0.3, 0.4) is 0 Å². The van der Waals surface area contributed by atoms with Crippen LogP contribution in [0.15, 0.2) is 40.9 Å². The van der Waals surface area contributed by atoms with Crippen molar-refractivity contribution in [2.45, 2.75) is 20.5 Å². The molecule has 0 spiro atoms. The highest BCUT2D eigenvalue weighted by atomic mass is 79.9. The van der Waals surface area contributed by atoms with E-state index in [9.17, 15) is 13.6 Å². The van der Waals surface area contributed by atoms with E-state index in [4.69, 9.17) is 0 Å². The first-order valence-corrected chi connectivity index (χ1v) is 7.04. The summed E-state index contributed by atoms with van der Waals surface area (Å²) in [5.74, 6) is -0.245. The lowest BCUT2D eigenvalue weighted by atomic mass is 9.97. The minimum absolute atomic E-state index is 0.0256. The molecule has 0 aliphatic rings. The van der Waals surface area contributed by atoms with Crippen LogP contribution in [0.5, 0.6) is 5.75 Å². The number of hydrogen-bond donors (Lipinski definition) is 0. The standard InChI is InChI=1S/C16H13BrF2O2/c1-9-7-14(17)10(2)6-13(9)15(20)11-4-3-5-12(8-11)21-16(18)19/h3-8,16H,1-2H3. The molecule has 2 aromatic carbocycles. The second kappa shape index (κ2) is 6.35. The molecular formula is C16H13BrF2O2. The van der Waals surface area contributed by atoms with Crippen molar-refractivity contribution in [3.8, 4) is 5.75 Å². The highest BCUT2D eigenvalue weighted by molar-refractivity contribution is 9.10. The number of rotatable bonds is 4. The molecule has 0 amide bonds. The van der Waals surface area contributed by atoms with Gasteiger partial charge in [0.05, 0.1) is 0 Å². The molecular weight excluding hydrogens is 342 g/mol. The van der Waals surface area contributed by atoms with Crippen LogP contribution in [-0.2, 0) is 0 Å². The SMILES string of the molecule is Cc1cc(C(=O)c2cccc(OC(F)F)c2)c(C)cc1Br. The van der Waals surface area contributed by atoms with E-state index in [1.54, 1.807) is 12.1 Å². The maximum absolute atomic E-state index is 12.5. The predicted octanol–water partition coefficient (Wildman–Crippen LogP) is 4.90. The highest BCUT2D eigenvalue weighted by Gasteiger charge is 2.15. The zero-order chi connectivity index (χ0) is 15.6. The van der Waals surface area contributed by atoms with E-state index in [-0.39, 0.29) is 11.5 Å². The molecule has 0 atom stereocenters. The molecule has 0 N–H and O–H groups in total. The highest BCUT2D eigenvalue weighted by Crippen LogP contribution is 2.24. The zero-order valence-electron chi connectivity index (χ0n) is 11.5. The van der Waals surface area contributed by atoms with Gasteiger partial charge >= 0.3 is 6.61 Å². The average molecular weight is 355 g/mol. The van der Waals surface area contributed by atoms with E-state index in [1.165, 1.54) is 18.2 Å². The number of carbonyl (C=O) groups excluding carboxylic acids is 1. The van der Waals surface area contributed by atoms with Gasteiger partial charge in [-0.15, -0.1) is 0 Å². The number of ether oxygens (including phenoxy) is 1. The molecule has 2 aromatic rings. The van der Waals surface area contributed by atoms with Gasteiger partial charge in [0, 0.05) is 15.6 Å². The third-order valence-corrected chi connectivity index (χ3v) is 3.93. The van der Waals surface area contributed by atoms with Gasteiger partial charge in [0.15, 0.2) is 5.78 Å². The average Bonchev–Trinajstić information content (AvgIpc) is 2.41. The van der Waals surface area contributed by atoms with Gasteiger partial charge in [-0.05, 0) is 49.2 Å². The van der Waals surface area contributed by atoms with Gasteiger partial charge in [-0.25, -0.2) is 0 Å². The fourth-order valence-corrected chi connectivity index (χ4v) is 2.45. The summed E-state index contributed by atoms with van der Waals surface area (Å²) < 4.78 is 29.7. The van der Waals surface area contributed by atoms with Crippen LogP contribution in [0.1, 0.15) is 27.0 Å². The maximum atomic E-state index is 12.5. The Morgan fingerprint density at radius 1 is 1.14 bits per heavy atom. The number of aryl methyl sites for hydroxylation is 2. The van der Waals surface area contributed by atoms with Gasteiger partial charge in [-0.3, -0.25) is 4.79 Å².